The Balaban J connectivity index is 2.09. The molecule has 1 heterocycles. The van der Waals surface area contributed by atoms with Crippen LogP contribution in [-0.4, -0.2) is 32.8 Å². The van der Waals surface area contributed by atoms with Gasteiger partial charge >= 0.3 is 6.09 Å². The zero-order valence-corrected chi connectivity index (χ0v) is 7.43. The van der Waals surface area contributed by atoms with Crippen molar-refractivity contribution < 1.29 is 9.53 Å². The lowest BCUT2D eigenvalue weighted by molar-refractivity contribution is 0.168. The number of carbonyl (C=O) groups excluding carboxylic acids is 1. The second kappa shape index (κ2) is 4.98. The van der Waals surface area contributed by atoms with Crippen molar-refractivity contribution in [2.45, 2.75) is 12.8 Å². The molecule has 0 aliphatic carbocycles. The van der Waals surface area contributed by atoms with Gasteiger partial charge in [-0.2, -0.15) is 0 Å². The quantitative estimate of drug-likeness (QED) is 0.631. The number of hydrogen-bond acceptors (Lipinski definition) is 3. The van der Waals surface area contributed by atoms with E-state index in [9.17, 15) is 4.79 Å². The molecule has 1 aliphatic heterocycles. The summed E-state index contributed by atoms with van der Waals surface area (Å²) in [5.41, 5.74) is 0. The molecule has 0 aromatic heterocycles. The Kier molecular flexibility index (Phi) is 3.87. The Bertz CT molecular complexity index is 144. The van der Waals surface area contributed by atoms with Crippen LogP contribution in [0.2, 0.25) is 0 Å². The average Bonchev–Trinajstić information content (AvgIpc) is 2.16. The van der Waals surface area contributed by atoms with E-state index in [-0.39, 0.29) is 6.09 Å². The topological polar surface area (TPSA) is 50.4 Å². The summed E-state index contributed by atoms with van der Waals surface area (Å²) in [5, 5.41) is 5.99. The van der Waals surface area contributed by atoms with E-state index in [1.165, 1.54) is 7.11 Å². The monoisotopic (exact) mass is 172 g/mol. The molecule has 1 rings (SSSR count). The van der Waals surface area contributed by atoms with E-state index < -0.39 is 0 Å². The molecule has 0 atom stereocenters. The molecule has 1 saturated heterocycles. The Morgan fingerprint density at radius 3 is 2.83 bits per heavy atom. The maximum absolute atomic E-state index is 10.7. The van der Waals surface area contributed by atoms with E-state index in [1.54, 1.807) is 0 Å². The smallest absolute Gasteiger partial charge is 0.406 e. The van der Waals surface area contributed by atoms with Crippen LogP contribution in [0.3, 0.4) is 0 Å². The lowest BCUT2D eigenvalue weighted by Crippen LogP contribution is -2.35. The average molecular weight is 172 g/mol. The minimum atomic E-state index is -0.325. The molecule has 1 aliphatic rings. The summed E-state index contributed by atoms with van der Waals surface area (Å²) >= 11 is 0. The van der Waals surface area contributed by atoms with Crippen molar-refractivity contribution in [3.05, 3.63) is 0 Å². The first-order chi connectivity index (χ1) is 5.83. The van der Waals surface area contributed by atoms with E-state index >= 15 is 0 Å². The van der Waals surface area contributed by atoms with Gasteiger partial charge in [0.2, 0.25) is 0 Å². The van der Waals surface area contributed by atoms with Gasteiger partial charge in [-0.3, -0.25) is 0 Å². The third-order valence-corrected chi connectivity index (χ3v) is 2.18. The zero-order valence-electron chi connectivity index (χ0n) is 7.43. The maximum atomic E-state index is 10.7. The molecule has 4 nitrogen and oxygen atoms in total. The highest BCUT2D eigenvalue weighted by molar-refractivity contribution is 5.66. The molecule has 0 aromatic rings. The number of methoxy groups -OCH3 is 1. The van der Waals surface area contributed by atoms with E-state index in [0.29, 0.717) is 5.92 Å². The highest BCUT2D eigenvalue weighted by atomic mass is 16.5. The summed E-state index contributed by atoms with van der Waals surface area (Å²) in [5.74, 6) is 0.616. The van der Waals surface area contributed by atoms with Gasteiger partial charge in [-0.25, -0.2) is 4.79 Å². The predicted octanol–water partition coefficient (Wildman–Crippen LogP) is 0.342. The van der Waals surface area contributed by atoms with Gasteiger partial charge in [-0.15, -0.1) is 0 Å². The number of alkyl carbamates (subject to hydrolysis) is 1. The molecule has 2 N–H and O–H groups in total. The predicted molar refractivity (Wildman–Crippen MR) is 46.0 cm³/mol. The first-order valence-corrected chi connectivity index (χ1v) is 4.35. The molecule has 0 radical (unpaired) electrons. The van der Waals surface area contributed by atoms with Crippen LogP contribution in [0, 0.1) is 5.92 Å². The molecular weight excluding hydrogens is 156 g/mol. The van der Waals surface area contributed by atoms with Gasteiger partial charge in [0.25, 0.3) is 0 Å². The third kappa shape index (κ3) is 3.09. The molecule has 70 valence electrons. The van der Waals surface area contributed by atoms with Crippen molar-refractivity contribution in [3.8, 4) is 0 Å². The van der Waals surface area contributed by atoms with Crippen molar-refractivity contribution in [1.82, 2.24) is 10.6 Å². The van der Waals surface area contributed by atoms with Crippen LogP contribution in [-0.2, 0) is 4.74 Å². The largest absolute Gasteiger partial charge is 0.453 e. The lowest BCUT2D eigenvalue weighted by Gasteiger charge is -2.22. The molecule has 0 saturated carbocycles. The summed E-state index contributed by atoms with van der Waals surface area (Å²) in [6.45, 7) is 2.87. The van der Waals surface area contributed by atoms with Crippen molar-refractivity contribution >= 4 is 6.09 Å². The molecule has 1 fully saturated rings. The van der Waals surface area contributed by atoms with Crippen molar-refractivity contribution in [2.24, 2.45) is 5.92 Å². The van der Waals surface area contributed by atoms with Gasteiger partial charge in [0.1, 0.15) is 0 Å². The first kappa shape index (κ1) is 9.32. The maximum Gasteiger partial charge on any atom is 0.406 e. The fourth-order valence-corrected chi connectivity index (χ4v) is 1.39. The number of carbonyl (C=O) groups is 1. The van der Waals surface area contributed by atoms with Gasteiger partial charge in [-0.05, 0) is 31.8 Å². The van der Waals surface area contributed by atoms with Crippen LogP contribution in [0.25, 0.3) is 0 Å². The number of amides is 1. The number of rotatable bonds is 2. The SMILES string of the molecule is COC(=O)NCC1CCNCC1. The Morgan fingerprint density at radius 1 is 1.58 bits per heavy atom. The summed E-state index contributed by atoms with van der Waals surface area (Å²) < 4.78 is 4.48. The minimum absolute atomic E-state index is 0.325. The summed E-state index contributed by atoms with van der Waals surface area (Å²) in [7, 11) is 1.39. The summed E-state index contributed by atoms with van der Waals surface area (Å²) in [4.78, 5) is 10.7. The zero-order chi connectivity index (χ0) is 8.81. The Hall–Kier alpha value is -0.770. The number of hydrogen-bond donors (Lipinski definition) is 2. The molecule has 0 bridgehead atoms. The van der Waals surface area contributed by atoms with Gasteiger partial charge in [0.15, 0.2) is 0 Å². The summed E-state index contributed by atoms with van der Waals surface area (Å²) in [6, 6.07) is 0. The Labute approximate surface area is 72.7 Å². The number of piperidine rings is 1. The minimum Gasteiger partial charge on any atom is -0.453 e. The van der Waals surface area contributed by atoms with Crippen LogP contribution < -0.4 is 10.6 Å². The Morgan fingerprint density at radius 2 is 2.25 bits per heavy atom. The van der Waals surface area contributed by atoms with Gasteiger partial charge < -0.3 is 15.4 Å². The van der Waals surface area contributed by atoms with Gasteiger partial charge in [0, 0.05) is 6.54 Å². The van der Waals surface area contributed by atoms with Crippen molar-refractivity contribution in [2.75, 3.05) is 26.7 Å². The van der Waals surface area contributed by atoms with Crippen LogP contribution in [0.15, 0.2) is 0 Å². The fraction of sp³-hybridized carbons (Fsp3) is 0.875. The normalized spacial score (nSPS) is 18.8. The van der Waals surface area contributed by atoms with Gasteiger partial charge in [0.05, 0.1) is 7.11 Å². The summed E-state index contributed by atoms with van der Waals surface area (Å²) in [6.07, 6.45) is 1.96. The first-order valence-electron chi connectivity index (χ1n) is 4.35. The van der Waals surface area contributed by atoms with Crippen LogP contribution in [0.1, 0.15) is 12.8 Å². The van der Waals surface area contributed by atoms with Crippen molar-refractivity contribution in [1.29, 1.82) is 0 Å². The standard InChI is InChI=1S/C8H16N2O2/c1-12-8(11)10-6-7-2-4-9-5-3-7/h7,9H,2-6H2,1H3,(H,10,11). The molecule has 0 aromatic carbocycles. The molecule has 0 unspecified atom stereocenters. The van der Waals surface area contributed by atoms with E-state index in [0.717, 1.165) is 32.5 Å². The molecule has 12 heavy (non-hydrogen) atoms. The highest BCUT2D eigenvalue weighted by Crippen LogP contribution is 2.09. The highest BCUT2D eigenvalue weighted by Gasteiger charge is 2.13. The van der Waals surface area contributed by atoms with Crippen LogP contribution >= 0.6 is 0 Å². The number of ether oxygens (including phenoxy) is 1. The van der Waals surface area contributed by atoms with E-state index in [1.807, 2.05) is 0 Å². The van der Waals surface area contributed by atoms with Crippen molar-refractivity contribution in [3.63, 3.8) is 0 Å². The molecule has 1 amide bonds. The van der Waals surface area contributed by atoms with Crippen LogP contribution in [0.4, 0.5) is 4.79 Å². The van der Waals surface area contributed by atoms with E-state index in [4.69, 9.17) is 0 Å². The van der Waals surface area contributed by atoms with Crippen LogP contribution in [0.5, 0.6) is 0 Å². The fourth-order valence-electron chi connectivity index (χ4n) is 1.39. The molecule has 4 heteroatoms. The van der Waals surface area contributed by atoms with E-state index in [2.05, 4.69) is 15.4 Å². The second-order valence-corrected chi connectivity index (χ2v) is 3.07. The lowest BCUT2D eigenvalue weighted by atomic mass is 9.98. The molecular formula is C8H16N2O2. The molecule has 0 spiro atoms. The van der Waals surface area contributed by atoms with Gasteiger partial charge in [-0.1, -0.05) is 0 Å². The third-order valence-electron chi connectivity index (χ3n) is 2.18. The second-order valence-electron chi connectivity index (χ2n) is 3.07. The number of nitrogens with one attached hydrogen (secondary N) is 2.